The minimum Gasteiger partial charge on any atom is -0.475 e. The summed E-state index contributed by atoms with van der Waals surface area (Å²) >= 11 is 0. The normalized spacial score (nSPS) is 21.6. The maximum Gasteiger partial charge on any atom is 0.371 e. The summed E-state index contributed by atoms with van der Waals surface area (Å²) in [6.07, 6.45) is 1.42. The molecule has 0 spiro atoms. The number of carboxylic acid groups (broad SMARTS) is 1. The summed E-state index contributed by atoms with van der Waals surface area (Å²) < 4.78 is 28.3. The predicted octanol–water partition coefficient (Wildman–Crippen LogP) is 0.953. The molecule has 1 unspecified atom stereocenters. The van der Waals surface area contributed by atoms with Crippen molar-refractivity contribution in [2.45, 2.75) is 31.6 Å². The number of furan rings is 1. The highest BCUT2D eigenvalue weighted by atomic mass is 32.2. The third kappa shape index (κ3) is 3.16. The third-order valence-electron chi connectivity index (χ3n) is 3.38. The van der Waals surface area contributed by atoms with Gasteiger partial charge in [-0.15, -0.1) is 0 Å². The average Bonchev–Trinajstić information content (AvgIpc) is 2.84. The molecule has 1 aliphatic heterocycles. The van der Waals surface area contributed by atoms with Crippen LogP contribution >= 0.6 is 0 Å². The maximum atomic E-state index is 11.6. The first-order chi connectivity index (χ1) is 8.90. The monoisotopic (exact) mass is 287 g/mol. The smallest absolute Gasteiger partial charge is 0.371 e. The van der Waals surface area contributed by atoms with Crippen LogP contribution in [0.2, 0.25) is 0 Å². The highest BCUT2D eigenvalue weighted by Gasteiger charge is 2.30. The van der Waals surface area contributed by atoms with Crippen molar-refractivity contribution in [3.8, 4) is 0 Å². The minimum atomic E-state index is -2.94. The lowest BCUT2D eigenvalue weighted by Crippen LogP contribution is -2.30. The number of hydrogen-bond donors (Lipinski definition) is 2. The lowest BCUT2D eigenvalue weighted by Gasteiger charge is -2.10. The summed E-state index contributed by atoms with van der Waals surface area (Å²) in [5.74, 6) is -0.387. The number of sulfone groups is 1. The van der Waals surface area contributed by atoms with E-state index in [1.807, 2.05) is 0 Å². The Labute approximate surface area is 111 Å². The molecule has 0 radical (unpaired) electrons. The van der Waals surface area contributed by atoms with Crippen LogP contribution in [-0.4, -0.2) is 37.0 Å². The molecule has 2 heterocycles. The zero-order chi connectivity index (χ0) is 14.0. The van der Waals surface area contributed by atoms with Gasteiger partial charge in [0.1, 0.15) is 5.76 Å². The van der Waals surface area contributed by atoms with Gasteiger partial charge in [0.2, 0.25) is 5.76 Å². The fourth-order valence-corrected chi connectivity index (χ4v) is 4.06. The Kier molecular flexibility index (Phi) is 3.96. The molecule has 106 valence electrons. The van der Waals surface area contributed by atoms with E-state index in [-0.39, 0.29) is 16.8 Å². The van der Waals surface area contributed by atoms with E-state index in [1.54, 1.807) is 6.92 Å². The Hall–Kier alpha value is -1.34. The first-order valence-corrected chi connectivity index (χ1v) is 7.86. The van der Waals surface area contributed by atoms with Crippen molar-refractivity contribution < 1.29 is 22.7 Å². The molecule has 1 atom stereocenters. The molecule has 0 amide bonds. The Morgan fingerprint density at radius 1 is 1.58 bits per heavy atom. The highest BCUT2D eigenvalue weighted by molar-refractivity contribution is 7.92. The van der Waals surface area contributed by atoms with E-state index < -0.39 is 15.8 Å². The van der Waals surface area contributed by atoms with Gasteiger partial charge in [0.25, 0.3) is 0 Å². The van der Waals surface area contributed by atoms with Crippen LogP contribution in [0, 0.1) is 6.92 Å². The number of aromatic carboxylic acids is 1. The molecule has 1 aromatic heterocycles. The largest absolute Gasteiger partial charge is 0.475 e. The van der Waals surface area contributed by atoms with Gasteiger partial charge in [-0.1, -0.05) is 0 Å². The van der Waals surface area contributed by atoms with Crippen LogP contribution in [0.25, 0.3) is 0 Å². The lowest BCUT2D eigenvalue weighted by atomic mass is 10.2. The van der Waals surface area contributed by atoms with Gasteiger partial charge in [-0.05, 0) is 25.8 Å². The molecule has 19 heavy (non-hydrogen) atoms. The van der Waals surface area contributed by atoms with Gasteiger partial charge in [0.15, 0.2) is 9.84 Å². The van der Waals surface area contributed by atoms with Gasteiger partial charge < -0.3 is 14.8 Å². The van der Waals surface area contributed by atoms with Crippen LogP contribution < -0.4 is 5.32 Å². The Bertz CT molecular complexity index is 575. The molecule has 0 saturated carbocycles. The van der Waals surface area contributed by atoms with Crippen molar-refractivity contribution in [2.75, 3.05) is 12.3 Å². The van der Waals surface area contributed by atoms with Gasteiger partial charge in [-0.2, -0.15) is 0 Å². The van der Waals surface area contributed by atoms with E-state index in [0.29, 0.717) is 25.3 Å². The topological polar surface area (TPSA) is 96.6 Å². The number of carbonyl (C=O) groups is 1. The van der Waals surface area contributed by atoms with Crippen LogP contribution in [0.15, 0.2) is 10.5 Å². The fourth-order valence-electron chi connectivity index (χ4n) is 2.26. The summed E-state index contributed by atoms with van der Waals surface area (Å²) in [6, 6.07) is 1.47. The summed E-state index contributed by atoms with van der Waals surface area (Å²) in [7, 11) is -2.94. The second kappa shape index (κ2) is 5.34. The van der Waals surface area contributed by atoms with E-state index in [2.05, 4.69) is 5.32 Å². The molecule has 1 aromatic rings. The molecule has 0 aromatic carbocycles. The average molecular weight is 287 g/mol. The predicted molar refractivity (Wildman–Crippen MR) is 68.9 cm³/mol. The van der Waals surface area contributed by atoms with Crippen LogP contribution in [0.5, 0.6) is 0 Å². The number of rotatable bonds is 5. The molecule has 1 aliphatic rings. The molecule has 6 nitrogen and oxygen atoms in total. The van der Waals surface area contributed by atoms with E-state index in [9.17, 15) is 13.2 Å². The lowest BCUT2D eigenvalue weighted by molar-refractivity contribution is 0.0661. The van der Waals surface area contributed by atoms with E-state index in [0.717, 1.165) is 12.0 Å². The van der Waals surface area contributed by atoms with Crippen molar-refractivity contribution in [3.05, 3.63) is 23.2 Å². The van der Waals surface area contributed by atoms with E-state index in [1.165, 1.54) is 6.07 Å². The second-order valence-corrected chi connectivity index (χ2v) is 7.16. The van der Waals surface area contributed by atoms with E-state index in [4.69, 9.17) is 9.52 Å². The molecule has 2 rings (SSSR count). The summed E-state index contributed by atoms with van der Waals surface area (Å²) in [4.78, 5) is 10.7. The van der Waals surface area contributed by atoms with E-state index >= 15 is 0 Å². The zero-order valence-corrected chi connectivity index (χ0v) is 11.5. The molecule has 7 heteroatoms. The standard InChI is InChI=1S/C12H17NO5S/c1-8-9(5-11(18-8)12(14)15)6-13-7-10-3-2-4-19(10,16)17/h5,10,13H,2-4,6-7H2,1H3,(H,14,15). The van der Waals surface area contributed by atoms with Gasteiger partial charge in [-0.3, -0.25) is 0 Å². The highest BCUT2D eigenvalue weighted by Crippen LogP contribution is 2.19. The molecular weight excluding hydrogens is 270 g/mol. The Morgan fingerprint density at radius 2 is 2.32 bits per heavy atom. The second-order valence-electron chi connectivity index (χ2n) is 4.76. The molecular formula is C12H17NO5S. The van der Waals surface area contributed by atoms with Gasteiger partial charge >= 0.3 is 5.97 Å². The van der Waals surface area contributed by atoms with Crippen molar-refractivity contribution in [3.63, 3.8) is 0 Å². The van der Waals surface area contributed by atoms with Crippen molar-refractivity contribution in [2.24, 2.45) is 0 Å². The first-order valence-electron chi connectivity index (χ1n) is 6.15. The molecule has 1 fully saturated rings. The SMILES string of the molecule is Cc1oc(C(=O)O)cc1CNCC1CCCS1(=O)=O. The molecule has 1 saturated heterocycles. The maximum absolute atomic E-state index is 11.6. The Morgan fingerprint density at radius 3 is 2.84 bits per heavy atom. The van der Waals surface area contributed by atoms with Gasteiger partial charge in [0, 0.05) is 18.7 Å². The number of hydrogen-bond acceptors (Lipinski definition) is 5. The first kappa shape index (κ1) is 14.1. The van der Waals surface area contributed by atoms with Crippen LogP contribution in [0.3, 0.4) is 0 Å². The third-order valence-corrected chi connectivity index (χ3v) is 5.66. The fraction of sp³-hybridized carbons (Fsp3) is 0.583. The quantitative estimate of drug-likeness (QED) is 0.837. The number of nitrogens with one attached hydrogen (secondary N) is 1. The Balaban J connectivity index is 1.91. The summed E-state index contributed by atoms with van der Waals surface area (Å²) in [5, 5.41) is 11.5. The zero-order valence-electron chi connectivity index (χ0n) is 10.7. The molecule has 0 aliphatic carbocycles. The van der Waals surface area contributed by atoms with Crippen LogP contribution in [0.1, 0.15) is 34.7 Å². The molecule has 2 N–H and O–H groups in total. The van der Waals surface area contributed by atoms with Crippen LogP contribution in [-0.2, 0) is 16.4 Å². The van der Waals surface area contributed by atoms with Crippen molar-refractivity contribution in [1.82, 2.24) is 5.32 Å². The van der Waals surface area contributed by atoms with Gasteiger partial charge in [-0.25, -0.2) is 13.2 Å². The summed E-state index contributed by atoms with van der Waals surface area (Å²) in [6.45, 7) is 2.50. The van der Waals surface area contributed by atoms with Crippen molar-refractivity contribution in [1.29, 1.82) is 0 Å². The number of aryl methyl sites for hydroxylation is 1. The molecule has 0 bridgehead atoms. The van der Waals surface area contributed by atoms with Gasteiger partial charge in [0.05, 0.1) is 11.0 Å². The number of carboxylic acids is 1. The minimum absolute atomic E-state index is 0.0946. The van der Waals surface area contributed by atoms with Crippen LogP contribution in [0.4, 0.5) is 0 Å². The van der Waals surface area contributed by atoms with Crippen molar-refractivity contribution >= 4 is 15.8 Å². The summed E-state index contributed by atoms with van der Waals surface area (Å²) in [5.41, 5.74) is 0.743.